The van der Waals surface area contributed by atoms with Gasteiger partial charge in [-0.1, -0.05) is 97.1 Å². The summed E-state index contributed by atoms with van der Waals surface area (Å²) in [7, 11) is 0. The molecular formula is C82H86N8O22. The van der Waals surface area contributed by atoms with Crippen LogP contribution in [-0.2, 0) is 92.1 Å². The van der Waals surface area contributed by atoms with Gasteiger partial charge in [0, 0.05) is 58.3 Å². The Balaban J connectivity index is 0.510. The fraction of sp³-hybridized carbons (Fsp3) is 0.293. The predicted molar refractivity (Wildman–Crippen MR) is 412 cm³/mol. The maximum Gasteiger partial charge on any atom is 0.419 e. The third-order valence-electron chi connectivity index (χ3n) is 16.3. The Morgan fingerprint density at radius 3 is 0.777 bits per heavy atom. The maximum absolute atomic E-state index is 12.6. The standard InChI is InChI=1S/C82H86N8O22/c91-73(29-1-2-30-74(92)112-82(100)90-70-28-12-20-62(50-70)42-59-17-9-25-67(47-59)87-79(97)107-38-37-106-78(96)86-66-24-8-16-58(46-66)41-61-19-11-27-69(49-61)89-81(99)111-54-72-52-109-72)102-35-33-101-34-36-105-77(95)85-65-23-7-15-57(45-65)39-55-13-5-21-63(43-55)83-75(93)103-31-3-4-32-104-76(94)84-64-22-6-14-56(44-64)40-60-18-10-26-68(48-60)88-80(98)110-53-71-51-108-71/h5-28,43-50,71-72H,1-4,29-42,51-54H2,(H,83,93)(H,84,94)(H,85,95)(H,86,96)(H,87,97)(H,88,98)(H,89,99)(H,90,100). The van der Waals surface area contributed by atoms with Crippen LogP contribution >= 0.6 is 0 Å². The lowest BCUT2D eigenvalue weighted by Crippen LogP contribution is -2.20. The summed E-state index contributed by atoms with van der Waals surface area (Å²) < 4.78 is 62.4. The van der Waals surface area contributed by atoms with Gasteiger partial charge in [-0.05, 0) is 193 Å². The van der Waals surface area contributed by atoms with Crippen LogP contribution in [0.1, 0.15) is 83.0 Å². The molecule has 586 valence electrons. The van der Waals surface area contributed by atoms with E-state index in [-0.39, 0.29) is 97.5 Å². The molecule has 0 aromatic heterocycles. The summed E-state index contributed by atoms with van der Waals surface area (Å²) in [6.07, 6.45) is -2.34. The summed E-state index contributed by atoms with van der Waals surface area (Å²) in [5.74, 6) is -1.29. The van der Waals surface area contributed by atoms with Crippen molar-refractivity contribution in [3.63, 3.8) is 0 Å². The topological polar surface area (TPSA) is 384 Å². The van der Waals surface area contributed by atoms with Crippen molar-refractivity contribution in [2.45, 2.75) is 76.4 Å². The maximum atomic E-state index is 12.6. The van der Waals surface area contributed by atoms with Gasteiger partial charge in [0.15, 0.2) is 0 Å². The minimum Gasteiger partial charge on any atom is -0.463 e. The summed E-state index contributed by atoms with van der Waals surface area (Å²) in [5, 5.41) is 21.5. The summed E-state index contributed by atoms with van der Waals surface area (Å²) >= 11 is 0. The number of anilines is 8. The second-order valence-electron chi connectivity index (χ2n) is 25.6. The Kier molecular flexibility index (Phi) is 31.9. The van der Waals surface area contributed by atoms with Crippen LogP contribution in [0.4, 0.5) is 83.9 Å². The third kappa shape index (κ3) is 31.6. The van der Waals surface area contributed by atoms with E-state index in [1.54, 1.807) is 103 Å². The van der Waals surface area contributed by atoms with E-state index >= 15 is 0 Å². The number of hydrogen-bond acceptors (Lipinski definition) is 22. The number of carbonyl (C=O) groups excluding carboxylic acids is 10. The van der Waals surface area contributed by atoms with Crippen molar-refractivity contribution >= 4 is 106 Å². The molecule has 0 aliphatic carbocycles. The second-order valence-corrected chi connectivity index (χ2v) is 25.6. The normalized spacial score (nSPS) is 12.9. The smallest absolute Gasteiger partial charge is 0.419 e. The fourth-order valence-electron chi connectivity index (χ4n) is 11.0. The average Bonchev–Trinajstić information content (AvgIpc) is 1.63. The highest BCUT2D eigenvalue weighted by molar-refractivity contribution is 5.93. The van der Waals surface area contributed by atoms with Crippen LogP contribution in [-0.4, -0.2) is 152 Å². The first kappa shape index (κ1) is 81.5. The van der Waals surface area contributed by atoms with E-state index < -0.39 is 60.7 Å². The molecule has 8 aromatic carbocycles. The first-order valence-corrected chi connectivity index (χ1v) is 36.3. The molecule has 30 heteroatoms. The van der Waals surface area contributed by atoms with Crippen LogP contribution in [0.25, 0.3) is 0 Å². The number of carbonyl (C=O) groups is 10. The molecule has 30 nitrogen and oxygen atoms in total. The van der Waals surface area contributed by atoms with E-state index in [9.17, 15) is 47.9 Å². The second kappa shape index (κ2) is 43.8. The minimum absolute atomic E-state index is 0.0133. The molecule has 8 amide bonds. The Hall–Kier alpha value is -13.1. The van der Waals surface area contributed by atoms with Crippen LogP contribution in [0.15, 0.2) is 194 Å². The average molecular weight is 1540 g/mol. The molecule has 0 bridgehead atoms. The molecule has 112 heavy (non-hydrogen) atoms. The molecule has 2 atom stereocenters. The molecule has 0 saturated carbocycles. The Labute approximate surface area is 645 Å². The summed E-state index contributed by atoms with van der Waals surface area (Å²) in [4.78, 5) is 125. The van der Waals surface area contributed by atoms with E-state index in [1.807, 2.05) is 91.0 Å². The van der Waals surface area contributed by atoms with E-state index in [2.05, 4.69) is 42.5 Å². The third-order valence-corrected chi connectivity index (χ3v) is 16.3. The lowest BCUT2D eigenvalue weighted by Gasteiger charge is -2.11. The van der Waals surface area contributed by atoms with Gasteiger partial charge in [0.05, 0.1) is 39.6 Å². The summed E-state index contributed by atoms with van der Waals surface area (Å²) in [6, 6.07) is 57.6. The fourth-order valence-corrected chi connectivity index (χ4v) is 11.0. The highest BCUT2D eigenvalue weighted by Crippen LogP contribution is 2.25. The molecule has 10 rings (SSSR count). The largest absolute Gasteiger partial charge is 0.463 e. The molecule has 0 radical (unpaired) electrons. The quantitative estimate of drug-likeness (QED) is 0.00583. The van der Waals surface area contributed by atoms with Crippen molar-refractivity contribution in [2.75, 3.05) is 122 Å². The molecule has 0 spiro atoms. The molecule has 2 fully saturated rings. The Bertz CT molecular complexity index is 4530. The van der Waals surface area contributed by atoms with Gasteiger partial charge in [-0.3, -0.25) is 52.1 Å². The monoisotopic (exact) mass is 1530 g/mol. The molecule has 2 aliphatic rings. The van der Waals surface area contributed by atoms with Gasteiger partial charge in [-0.25, -0.2) is 38.4 Å². The van der Waals surface area contributed by atoms with Crippen LogP contribution in [0.5, 0.6) is 0 Å². The number of nitrogens with one attached hydrogen (secondary N) is 8. The van der Waals surface area contributed by atoms with Gasteiger partial charge in [0.1, 0.15) is 51.8 Å². The zero-order valence-corrected chi connectivity index (χ0v) is 61.2. The van der Waals surface area contributed by atoms with Gasteiger partial charge in [-0.2, -0.15) is 0 Å². The van der Waals surface area contributed by atoms with Gasteiger partial charge in [0.2, 0.25) is 0 Å². The molecular weight excluding hydrogens is 1450 g/mol. The van der Waals surface area contributed by atoms with Crippen LogP contribution in [0.3, 0.4) is 0 Å². The number of benzene rings is 8. The zero-order chi connectivity index (χ0) is 78.5. The minimum atomic E-state index is -0.978. The lowest BCUT2D eigenvalue weighted by molar-refractivity contribution is -0.145. The number of rotatable bonds is 39. The first-order valence-electron chi connectivity index (χ1n) is 36.3. The van der Waals surface area contributed by atoms with Gasteiger partial charge >= 0.3 is 60.7 Å². The predicted octanol–water partition coefficient (Wildman–Crippen LogP) is 14.8. The molecule has 2 unspecified atom stereocenters. The van der Waals surface area contributed by atoms with Gasteiger partial charge in [0.25, 0.3) is 0 Å². The molecule has 2 heterocycles. The zero-order valence-electron chi connectivity index (χ0n) is 61.2. The summed E-state index contributed by atoms with van der Waals surface area (Å²) in [5.41, 5.74) is 11.1. The van der Waals surface area contributed by atoms with E-state index in [4.69, 9.17) is 56.8 Å². The van der Waals surface area contributed by atoms with Gasteiger partial charge < -0.3 is 56.8 Å². The SMILES string of the molecule is O=C(CCCCC(=O)OC(=O)Nc1cccc(Cc2cccc(NC(=O)OCCOC(=O)Nc3cccc(Cc4cccc(NC(=O)OCC5CO5)c4)c3)c2)c1)OCCOCCOC(=O)Nc1cccc(Cc2cccc(NC(=O)OCCCCOC(=O)Nc3cccc(Cc4cccc(NC(=O)OCC5CO5)c4)c3)c2)c1. The molecule has 2 saturated heterocycles. The number of ether oxygens (including phenoxy) is 12. The molecule has 8 N–H and O–H groups in total. The van der Waals surface area contributed by atoms with E-state index in [0.717, 1.165) is 44.5 Å². The Morgan fingerprint density at radius 2 is 0.500 bits per heavy atom. The number of esters is 2. The van der Waals surface area contributed by atoms with Crippen molar-refractivity contribution < 1.29 is 105 Å². The summed E-state index contributed by atoms with van der Waals surface area (Å²) in [6.45, 7) is 1.32. The van der Waals surface area contributed by atoms with Crippen molar-refractivity contribution in [3.8, 4) is 0 Å². The van der Waals surface area contributed by atoms with E-state index in [1.165, 1.54) is 0 Å². The number of amides is 8. The van der Waals surface area contributed by atoms with Crippen LogP contribution in [0.2, 0.25) is 0 Å². The highest BCUT2D eigenvalue weighted by atomic mass is 16.6. The van der Waals surface area contributed by atoms with Gasteiger partial charge in [-0.15, -0.1) is 0 Å². The van der Waals surface area contributed by atoms with Crippen LogP contribution in [0, 0.1) is 0 Å². The number of hydrogen-bond donors (Lipinski definition) is 8. The first-order chi connectivity index (χ1) is 54.5. The lowest BCUT2D eigenvalue weighted by atomic mass is 10.0. The highest BCUT2D eigenvalue weighted by Gasteiger charge is 2.26. The van der Waals surface area contributed by atoms with Crippen molar-refractivity contribution in [3.05, 3.63) is 239 Å². The number of epoxide rings is 2. The van der Waals surface area contributed by atoms with Crippen molar-refractivity contribution in [1.29, 1.82) is 0 Å². The molecule has 2 aliphatic heterocycles. The Morgan fingerprint density at radius 1 is 0.268 bits per heavy atom. The van der Waals surface area contributed by atoms with Crippen molar-refractivity contribution in [1.82, 2.24) is 0 Å². The van der Waals surface area contributed by atoms with E-state index in [0.29, 0.717) is 104 Å². The molecule has 8 aromatic rings. The van der Waals surface area contributed by atoms with Crippen molar-refractivity contribution in [2.24, 2.45) is 0 Å². The van der Waals surface area contributed by atoms with Crippen LogP contribution < -0.4 is 42.5 Å². The number of unbranched alkanes of at least 4 members (excludes halogenated alkanes) is 2.